The molecule has 0 radical (unpaired) electrons. The molecule has 1 amide bonds. The minimum atomic E-state index is -3.79. The van der Waals surface area contributed by atoms with Crippen molar-refractivity contribution in [1.29, 1.82) is 0 Å². The molecule has 0 unspecified atom stereocenters. The van der Waals surface area contributed by atoms with Gasteiger partial charge in [-0.15, -0.1) is 11.3 Å². The van der Waals surface area contributed by atoms with Crippen LogP contribution in [0.15, 0.2) is 76.1 Å². The maximum absolute atomic E-state index is 13.1. The van der Waals surface area contributed by atoms with E-state index in [0.29, 0.717) is 10.5 Å². The lowest BCUT2D eigenvalue weighted by Gasteiger charge is -2.23. The largest absolute Gasteiger partial charge is 0.327 e. The van der Waals surface area contributed by atoms with Crippen molar-refractivity contribution in [3.8, 4) is 0 Å². The highest BCUT2D eigenvalue weighted by Crippen LogP contribution is 2.24. The Morgan fingerprint density at radius 2 is 1.89 bits per heavy atom. The van der Waals surface area contributed by atoms with E-state index >= 15 is 0 Å². The van der Waals surface area contributed by atoms with Crippen LogP contribution < -0.4 is 9.11 Å². The molecule has 140 valence electrons. The van der Waals surface area contributed by atoms with E-state index in [1.807, 2.05) is 11.4 Å². The number of para-hydroxylation sites is 1. The Labute approximate surface area is 162 Å². The number of carbonyl (C=O) groups excluding carboxylic acids is 1. The number of hydrogen-bond donors (Lipinski definition) is 0. The second-order valence-corrected chi connectivity index (χ2v) is 8.48. The number of amides is 1. The van der Waals surface area contributed by atoms with Crippen LogP contribution >= 0.6 is 11.3 Å². The molecular formula is C19H19N3O3S2. The fourth-order valence-electron chi connectivity index (χ4n) is 2.59. The van der Waals surface area contributed by atoms with Crippen LogP contribution in [0.4, 0.5) is 5.69 Å². The molecule has 1 heterocycles. The third kappa shape index (κ3) is 4.01. The van der Waals surface area contributed by atoms with E-state index in [2.05, 4.69) is 4.99 Å². The molecule has 0 saturated heterocycles. The molecule has 3 aromatic rings. The Kier molecular flexibility index (Phi) is 5.57. The number of benzene rings is 2. The van der Waals surface area contributed by atoms with Crippen molar-refractivity contribution in [2.45, 2.75) is 11.8 Å². The van der Waals surface area contributed by atoms with Gasteiger partial charge in [-0.1, -0.05) is 24.3 Å². The summed E-state index contributed by atoms with van der Waals surface area (Å²) < 4.78 is 29.2. The van der Waals surface area contributed by atoms with Crippen LogP contribution in [0.3, 0.4) is 0 Å². The lowest BCUT2D eigenvalue weighted by atomic mass is 10.2. The molecule has 3 rings (SSSR count). The number of hydrogen-bond acceptors (Lipinski definition) is 4. The third-order valence-corrected chi connectivity index (χ3v) is 6.70. The molecule has 0 atom stereocenters. The van der Waals surface area contributed by atoms with E-state index in [9.17, 15) is 13.2 Å². The van der Waals surface area contributed by atoms with Gasteiger partial charge >= 0.3 is 0 Å². The van der Waals surface area contributed by atoms with Gasteiger partial charge < -0.3 is 4.57 Å². The Balaban J connectivity index is 1.99. The molecule has 8 heteroatoms. The average Bonchev–Trinajstić information content (AvgIpc) is 3.07. The molecular weight excluding hydrogens is 382 g/mol. The molecule has 2 aromatic carbocycles. The third-order valence-electron chi connectivity index (χ3n) is 3.96. The van der Waals surface area contributed by atoms with Gasteiger partial charge in [0.1, 0.15) is 0 Å². The van der Waals surface area contributed by atoms with Gasteiger partial charge in [0.05, 0.1) is 10.6 Å². The highest BCUT2D eigenvalue weighted by Gasteiger charge is 2.24. The standard InChI is InChI=1S/C19H19N3O3S2/c1-3-22(16-9-5-4-6-10-16)27(24,25)17-11-7-8-15(14-17)18(23)20-19-21(2)12-13-26-19/h4-14H,3H2,1-2H3. The second-order valence-electron chi connectivity index (χ2n) is 5.75. The van der Waals surface area contributed by atoms with Crippen molar-refractivity contribution < 1.29 is 13.2 Å². The van der Waals surface area contributed by atoms with E-state index < -0.39 is 15.9 Å². The summed E-state index contributed by atoms with van der Waals surface area (Å²) >= 11 is 1.34. The lowest BCUT2D eigenvalue weighted by molar-refractivity contribution is 0.0997. The summed E-state index contributed by atoms with van der Waals surface area (Å²) in [6.07, 6.45) is 1.80. The van der Waals surface area contributed by atoms with Crippen LogP contribution in [0, 0.1) is 0 Å². The first-order valence-corrected chi connectivity index (χ1v) is 10.6. The molecule has 6 nitrogen and oxygen atoms in total. The van der Waals surface area contributed by atoms with Crippen molar-refractivity contribution in [3.05, 3.63) is 76.5 Å². The lowest BCUT2D eigenvalue weighted by Crippen LogP contribution is -2.30. The minimum absolute atomic E-state index is 0.0600. The molecule has 1 aromatic heterocycles. The first-order valence-electron chi connectivity index (χ1n) is 8.30. The predicted octanol–water partition coefficient (Wildman–Crippen LogP) is 3.04. The van der Waals surface area contributed by atoms with Gasteiger partial charge in [0.2, 0.25) is 0 Å². The Bertz CT molecular complexity index is 1120. The zero-order chi connectivity index (χ0) is 19.4. The van der Waals surface area contributed by atoms with Crippen LogP contribution in [0.1, 0.15) is 17.3 Å². The second kappa shape index (κ2) is 7.89. The fraction of sp³-hybridized carbons (Fsp3) is 0.158. The number of carbonyl (C=O) groups is 1. The molecule has 0 aliphatic carbocycles. The molecule has 0 aliphatic rings. The zero-order valence-corrected chi connectivity index (χ0v) is 16.6. The van der Waals surface area contributed by atoms with E-state index in [1.165, 1.54) is 27.8 Å². The van der Waals surface area contributed by atoms with E-state index in [-0.39, 0.29) is 17.0 Å². The van der Waals surface area contributed by atoms with Crippen molar-refractivity contribution in [2.24, 2.45) is 12.0 Å². The van der Waals surface area contributed by atoms with Crippen molar-refractivity contribution in [1.82, 2.24) is 4.57 Å². The number of aromatic nitrogens is 1. The maximum Gasteiger partial charge on any atom is 0.279 e. The smallest absolute Gasteiger partial charge is 0.279 e. The van der Waals surface area contributed by atoms with Gasteiger partial charge in [-0.05, 0) is 37.3 Å². The van der Waals surface area contributed by atoms with Crippen molar-refractivity contribution in [3.63, 3.8) is 0 Å². The monoisotopic (exact) mass is 401 g/mol. The summed E-state index contributed by atoms with van der Waals surface area (Å²) in [6.45, 7) is 2.05. The summed E-state index contributed by atoms with van der Waals surface area (Å²) in [6, 6.07) is 14.9. The Morgan fingerprint density at radius 1 is 1.15 bits per heavy atom. The number of aryl methyl sites for hydroxylation is 1. The normalized spacial score (nSPS) is 12.1. The van der Waals surface area contributed by atoms with E-state index in [4.69, 9.17) is 0 Å². The number of thiazole rings is 1. The van der Waals surface area contributed by atoms with Crippen molar-refractivity contribution in [2.75, 3.05) is 10.8 Å². The first-order chi connectivity index (χ1) is 12.9. The summed E-state index contributed by atoms with van der Waals surface area (Å²) in [5, 5.41) is 1.83. The Hall–Kier alpha value is -2.71. The van der Waals surface area contributed by atoms with Gasteiger partial charge in [0.25, 0.3) is 15.9 Å². The SMILES string of the molecule is CCN(c1ccccc1)S(=O)(=O)c1cccc(C(=O)N=c2sccn2C)c1. The van der Waals surface area contributed by atoms with Crippen molar-refractivity contribution >= 4 is 33.0 Å². The molecule has 0 fully saturated rings. The van der Waals surface area contributed by atoms with Crippen LogP contribution in [0.25, 0.3) is 0 Å². The molecule has 0 saturated carbocycles. The average molecular weight is 402 g/mol. The molecule has 0 N–H and O–H groups in total. The van der Waals surface area contributed by atoms with Gasteiger partial charge in [0.15, 0.2) is 4.80 Å². The highest BCUT2D eigenvalue weighted by molar-refractivity contribution is 7.92. The first kappa shape index (κ1) is 19.1. The van der Waals surface area contributed by atoms with E-state index in [1.54, 1.807) is 61.1 Å². The van der Waals surface area contributed by atoms with Crippen LogP contribution in [-0.4, -0.2) is 25.4 Å². The highest BCUT2D eigenvalue weighted by atomic mass is 32.2. The molecule has 0 spiro atoms. The number of rotatable bonds is 5. The van der Waals surface area contributed by atoms with E-state index in [0.717, 1.165) is 0 Å². The summed E-state index contributed by atoms with van der Waals surface area (Å²) in [5.41, 5.74) is 0.806. The predicted molar refractivity (Wildman–Crippen MR) is 106 cm³/mol. The van der Waals surface area contributed by atoms with Crippen LogP contribution in [0.5, 0.6) is 0 Å². The summed E-state index contributed by atoms with van der Waals surface area (Å²) in [5.74, 6) is -0.479. The van der Waals surface area contributed by atoms with Crippen LogP contribution in [0.2, 0.25) is 0 Å². The quantitative estimate of drug-likeness (QED) is 0.660. The summed E-state index contributed by atoms with van der Waals surface area (Å²) in [7, 11) is -2.00. The molecule has 0 aliphatic heterocycles. The number of anilines is 1. The maximum atomic E-state index is 13.1. The molecule has 27 heavy (non-hydrogen) atoms. The zero-order valence-electron chi connectivity index (χ0n) is 14.9. The van der Waals surface area contributed by atoms with Gasteiger partial charge in [0, 0.05) is 30.7 Å². The Morgan fingerprint density at radius 3 is 2.52 bits per heavy atom. The van der Waals surface area contributed by atoms with Gasteiger partial charge in [-0.3, -0.25) is 9.10 Å². The van der Waals surface area contributed by atoms with Gasteiger partial charge in [-0.2, -0.15) is 4.99 Å². The minimum Gasteiger partial charge on any atom is -0.327 e. The van der Waals surface area contributed by atoms with Gasteiger partial charge in [-0.25, -0.2) is 8.42 Å². The fourth-order valence-corrected chi connectivity index (χ4v) is 4.84. The number of sulfonamides is 1. The molecule has 0 bridgehead atoms. The van der Waals surface area contributed by atoms with Crippen LogP contribution in [-0.2, 0) is 17.1 Å². The topological polar surface area (TPSA) is 71.7 Å². The number of nitrogens with zero attached hydrogens (tertiary/aromatic N) is 3. The summed E-state index contributed by atoms with van der Waals surface area (Å²) in [4.78, 5) is 17.1.